The summed E-state index contributed by atoms with van der Waals surface area (Å²) in [5.41, 5.74) is 0. The molecule has 0 aromatic carbocycles. The molecule has 10 heavy (non-hydrogen) atoms. The average Bonchev–Trinajstić information content (AvgIpc) is 1.88. The zero-order valence-electron chi connectivity index (χ0n) is 6.28. The molecule has 0 saturated heterocycles. The zero-order valence-corrected chi connectivity index (χ0v) is 6.28. The molecule has 0 aliphatic heterocycles. The van der Waals surface area contributed by atoms with Gasteiger partial charge in [-0.05, 0) is 6.42 Å². The molecule has 0 aliphatic carbocycles. The normalized spacial score (nSPS) is 8.90. The van der Waals surface area contributed by atoms with Crippen LogP contribution in [0.25, 0.3) is 0 Å². The number of rotatable bonds is 4. The standard InChI is InChI=1S/C7H14N2O/c1-3-4-5-9-7(8)6(2)10/h10H,2-5H2,1H3,(H2,8,9). The quantitative estimate of drug-likeness (QED) is 0.241. The molecule has 0 spiro atoms. The van der Waals surface area contributed by atoms with E-state index in [0.29, 0.717) is 0 Å². The van der Waals surface area contributed by atoms with Crippen molar-refractivity contribution >= 4 is 5.84 Å². The van der Waals surface area contributed by atoms with Crippen molar-refractivity contribution in [3.63, 3.8) is 0 Å². The van der Waals surface area contributed by atoms with E-state index in [-0.39, 0.29) is 11.6 Å². The Balaban J connectivity index is 3.31. The second kappa shape index (κ2) is 4.85. The summed E-state index contributed by atoms with van der Waals surface area (Å²) in [4.78, 5) is 0. The fourth-order valence-electron chi connectivity index (χ4n) is 0.492. The second-order valence-corrected chi connectivity index (χ2v) is 2.10. The Kier molecular flexibility index (Phi) is 4.37. The Labute approximate surface area is 61.3 Å². The number of hydrogen-bond donors (Lipinski definition) is 3. The predicted octanol–water partition coefficient (Wildman–Crippen LogP) is 1.43. The molecule has 0 bridgehead atoms. The largest absolute Gasteiger partial charge is 0.505 e. The summed E-state index contributed by atoms with van der Waals surface area (Å²) in [5, 5.41) is 18.4. The van der Waals surface area contributed by atoms with Gasteiger partial charge in [-0.15, -0.1) is 0 Å². The lowest BCUT2D eigenvalue weighted by Crippen LogP contribution is -2.24. The molecule has 0 unspecified atom stereocenters. The van der Waals surface area contributed by atoms with E-state index in [4.69, 9.17) is 10.5 Å². The number of unbranched alkanes of at least 4 members (excludes halogenated alkanes) is 1. The van der Waals surface area contributed by atoms with Crippen molar-refractivity contribution in [3.8, 4) is 0 Å². The first-order valence-corrected chi connectivity index (χ1v) is 3.39. The fraction of sp³-hybridized carbons (Fsp3) is 0.571. The van der Waals surface area contributed by atoms with Gasteiger partial charge in [0, 0.05) is 6.54 Å². The monoisotopic (exact) mass is 142 g/mol. The Morgan fingerprint density at radius 2 is 2.30 bits per heavy atom. The minimum Gasteiger partial charge on any atom is -0.505 e. The van der Waals surface area contributed by atoms with Crippen molar-refractivity contribution < 1.29 is 5.11 Å². The lowest BCUT2D eigenvalue weighted by atomic mass is 10.3. The summed E-state index contributed by atoms with van der Waals surface area (Å²) < 4.78 is 0. The Bertz CT molecular complexity index is 132. The van der Waals surface area contributed by atoms with Gasteiger partial charge in [-0.1, -0.05) is 19.9 Å². The molecule has 0 atom stereocenters. The third-order valence-corrected chi connectivity index (χ3v) is 1.12. The predicted molar refractivity (Wildman–Crippen MR) is 42.4 cm³/mol. The summed E-state index contributed by atoms with van der Waals surface area (Å²) in [6.45, 7) is 6.00. The summed E-state index contributed by atoms with van der Waals surface area (Å²) in [5.74, 6) is -0.176. The van der Waals surface area contributed by atoms with Gasteiger partial charge >= 0.3 is 0 Å². The maximum atomic E-state index is 8.64. The van der Waals surface area contributed by atoms with Crippen LogP contribution in [0.15, 0.2) is 12.3 Å². The molecular weight excluding hydrogens is 128 g/mol. The van der Waals surface area contributed by atoms with Gasteiger partial charge < -0.3 is 10.4 Å². The molecule has 3 nitrogen and oxygen atoms in total. The van der Waals surface area contributed by atoms with E-state index in [0.717, 1.165) is 19.4 Å². The van der Waals surface area contributed by atoms with Crippen molar-refractivity contribution in [1.82, 2.24) is 5.32 Å². The van der Waals surface area contributed by atoms with Crippen LogP contribution in [0.4, 0.5) is 0 Å². The van der Waals surface area contributed by atoms with Crippen molar-refractivity contribution in [2.24, 2.45) is 0 Å². The molecule has 0 aromatic heterocycles. The molecule has 0 rings (SSSR count). The Morgan fingerprint density at radius 3 is 2.70 bits per heavy atom. The van der Waals surface area contributed by atoms with Crippen LogP contribution < -0.4 is 5.32 Å². The van der Waals surface area contributed by atoms with E-state index in [1.54, 1.807) is 0 Å². The third-order valence-electron chi connectivity index (χ3n) is 1.12. The van der Waals surface area contributed by atoms with Gasteiger partial charge in [-0.3, -0.25) is 5.41 Å². The van der Waals surface area contributed by atoms with Crippen LogP contribution in [0.3, 0.4) is 0 Å². The SMILES string of the molecule is C=C(O)C(=N)NCCCC. The van der Waals surface area contributed by atoms with E-state index in [1.807, 2.05) is 0 Å². The van der Waals surface area contributed by atoms with Crippen LogP contribution in [0.1, 0.15) is 19.8 Å². The van der Waals surface area contributed by atoms with Gasteiger partial charge in [-0.2, -0.15) is 0 Å². The zero-order chi connectivity index (χ0) is 7.98. The molecule has 3 N–H and O–H groups in total. The van der Waals surface area contributed by atoms with Crippen LogP contribution in [0, 0.1) is 5.41 Å². The second-order valence-electron chi connectivity index (χ2n) is 2.10. The highest BCUT2D eigenvalue weighted by molar-refractivity contribution is 5.92. The highest BCUT2D eigenvalue weighted by Gasteiger charge is 1.95. The minimum atomic E-state index is -0.198. The topological polar surface area (TPSA) is 56.1 Å². The van der Waals surface area contributed by atoms with E-state index < -0.39 is 0 Å². The van der Waals surface area contributed by atoms with Crippen molar-refractivity contribution in [3.05, 3.63) is 12.3 Å². The highest BCUT2D eigenvalue weighted by Crippen LogP contribution is 1.85. The summed E-state index contributed by atoms with van der Waals surface area (Å²) >= 11 is 0. The first-order valence-electron chi connectivity index (χ1n) is 3.39. The molecule has 0 heterocycles. The van der Waals surface area contributed by atoms with Gasteiger partial charge in [-0.25, -0.2) is 0 Å². The molecule has 3 heteroatoms. The smallest absolute Gasteiger partial charge is 0.160 e. The van der Waals surface area contributed by atoms with Gasteiger partial charge in [0.25, 0.3) is 0 Å². The lowest BCUT2D eigenvalue weighted by molar-refractivity contribution is 0.440. The van der Waals surface area contributed by atoms with Crippen LogP contribution in [0.2, 0.25) is 0 Å². The van der Waals surface area contributed by atoms with Crippen molar-refractivity contribution in [2.75, 3.05) is 6.54 Å². The molecule has 0 radical (unpaired) electrons. The van der Waals surface area contributed by atoms with Crippen LogP contribution in [-0.4, -0.2) is 17.5 Å². The Hall–Kier alpha value is -0.990. The maximum Gasteiger partial charge on any atom is 0.160 e. The molecule has 58 valence electrons. The Morgan fingerprint density at radius 1 is 1.70 bits per heavy atom. The van der Waals surface area contributed by atoms with E-state index >= 15 is 0 Å². The van der Waals surface area contributed by atoms with Gasteiger partial charge in [0.1, 0.15) is 5.76 Å². The van der Waals surface area contributed by atoms with E-state index in [2.05, 4.69) is 18.8 Å². The van der Waals surface area contributed by atoms with Gasteiger partial charge in [0.15, 0.2) is 5.84 Å². The summed E-state index contributed by atoms with van der Waals surface area (Å²) in [6, 6.07) is 0. The van der Waals surface area contributed by atoms with E-state index in [1.165, 1.54) is 0 Å². The molecular formula is C7H14N2O. The summed E-state index contributed by atoms with van der Waals surface area (Å²) in [7, 11) is 0. The fourth-order valence-corrected chi connectivity index (χ4v) is 0.492. The first kappa shape index (κ1) is 9.01. The van der Waals surface area contributed by atoms with E-state index in [9.17, 15) is 0 Å². The molecule has 0 aliphatic rings. The van der Waals surface area contributed by atoms with Crippen LogP contribution >= 0.6 is 0 Å². The van der Waals surface area contributed by atoms with Crippen LogP contribution in [-0.2, 0) is 0 Å². The minimum absolute atomic E-state index is 0.0217. The molecule has 0 aromatic rings. The highest BCUT2D eigenvalue weighted by atomic mass is 16.3. The number of nitrogens with one attached hydrogen (secondary N) is 2. The van der Waals surface area contributed by atoms with Gasteiger partial charge in [0.05, 0.1) is 0 Å². The van der Waals surface area contributed by atoms with Crippen molar-refractivity contribution in [2.45, 2.75) is 19.8 Å². The maximum absolute atomic E-state index is 8.64. The summed E-state index contributed by atoms with van der Waals surface area (Å²) in [6.07, 6.45) is 2.09. The number of amidine groups is 1. The molecule has 0 fully saturated rings. The first-order chi connectivity index (χ1) is 4.68. The molecule has 0 amide bonds. The third kappa shape index (κ3) is 3.95. The lowest BCUT2D eigenvalue weighted by Gasteiger charge is -2.03. The number of aliphatic hydroxyl groups is 1. The number of hydrogen-bond acceptors (Lipinski definition) is 2. The van der Waals surface area contributed by atoms with Crippen molar-refractivity contribution in [1.29, 1.82) is 5.41 Å². The van der Waals surface area contributed by atoms with Gasteiger partial charge in [0.2, 0.25) is 0 Å². The average molecular weight is 142 g/mol. The molecule has 0 saturated carbocycles. The van der Waals surface area contributed by atoms with Crippen LogP contribution in [0.5, 0.6) is 0 Å². The number of aliphatic hydroxyl groups excluding tert-OH is 1.